The minimum atomic E-state index is -0.476. The summed E-state index contributed by atoms with van der Waals surface area (Å²) in [6.07, 6.45) is 2.22. The molecule has 1 aliphatic heterocycles. The molecule has 0 saturated carbocycles. The molecule has 0 aromatic carbocycles. The van der Waals surface area contributed by atoms with Crippen LogP contribution in [0.1, 0.15) is 29.4 Å². The third-order valence-electron chi connectivity index (χ3n) is 3.40. The molecule has 2 atom stereocenters. The smallest absolute Gasteiger partial charge is 0.324 e. The first-order chi connectivity index (χ1) is 9.08. The number of rotatable bonds is 4. The summed E-state index contributed by atoms with van der Waals surface area (Å²) in [4.78, 5) is 22.5. The van der Waals surface area contributed by atoms with Gasteiger partial charge in [0, 0.05) is 12.1 Å². The third kappa shape index (κ3) is 3.51. The Hall–Kier alpha value is -1.47. The van der Waals surface area contributed by atoms with Crippen LogP contribution in [-0.2, 0) is 0 Å². The summed E-state index contributed by atoms with van der Waals surface area (Å²) in [6.45, 7) is 3.93. The first-order valence-corrected chi connectivity index (χ1v) is 7.15. The van der Waals surface area contributed by atoms with E-state index in [0.29, 0.717) is 10.8 Å². The van der Waals surface area contributed by atoms with Crippen molar-refractivity contribution >= 4 is 22.2 Å². The van der Waals surface area contributed by atoms with Crippen LogP contribution in [0, 0.1) is 16.0 Å². The molecule has 104 valence electrons. The predicted octanol–water partition coefficient (Wildman–Crippen LogP) is 1.77. The molecule has 1 aromatic heterocycles. The summed E-state index contributed by atoms with van der Waals surface area (Å²) in [5.74, 6) is 0.198. The van der Waals surface area contributed by atoms with Gasteiger partial charge in [0.25, 0.3) is 5.91 Å². The zero-order chi connectivity index (χ0) is 13.8. The van der Waals surface area contributed by atoms with Crippen LogP contribution in [0.2, 0.25) is 0 Å². The Morgan fingerprint density at radius 3 is 3.00 bits per heavy atom. The zero-order valence-electron chi connectivity index (χ0n) is 10.7. The van der Waals surface area contributed by atoms with E-state index in [1.165, 1.54) is 12.1 Å². The number of nitro groups is 1. The molecule has 2 unspecified atom stereocenters. The number of carbonyl (C=O) groups is 1. The van der Waals surface area contributed by atoms with Crippen molar-refractivity contribution in [3.63, 3.8) is 0 Å². The largest absolute Gasteiger partial charge is 0.349 e. The summed E-state index contributed by atoms with van der Waals surface area (Å²) in [5.41, 5.74) is 0. The fourth-order valence-corrected chi connectivity index (χ4v) is 2.97. The second-order valence-corrected chi connectivity index (χ2v) is 5.83. The molecular weight excluding hydrogens is 266 g/mol. The number of thiophene rings is 1. The van der Waals surface area contributed by atoms with Crippen LogP contribution in [0.5, 0.6) is 0 Å². The molecule has 2 rings (SSSR count). The highest BCUT2D eigenvalue weighted by atomic mass is 32.1. The second-order valence-electron chi connectivity index (χ2n) is 4.76. The van der Waals surface area contributed by atoms with Crippen molar-refractivity contribution in [2.24, 2.45) is 5.92 Å². The second kappa shape index (κ2) is 6.12. The molecule has 1 amide bonds. The quantitative estimate of drug-likeness (QED) is 0.651. The number of nitrogens with zero attached hydrogens (tertiary/aromatic N) is 1. The topological polar surface area (TPSA) is 84.3 Å². The number of hydrogen-bond acceptors (Lipinski definition) is 5. The first-order valence-electron chi connectivity index (χ1n) is 6.33. The lowest BCUT2D eigenvalue weighted by Gasteiger charge is -2.28. The van der Waals surface area contributed by atoms with Gasteiger partial charge in [-0.05, 0) is 44.8 Å². The van der Waals surface area contributed by atoms with Crippen LogP contribution in [0.4, 0.5) is 5.00 Å². The maximum absolute atomic E-state index is 12.0. The van der Waals surface area contributed by atoms with Gasteiger partial charge < -0.3 is 10.6 Å². The number of piperidine rings is 1. The van der Waals surface area contributed by atoms with Gasteiger partial charge in [-0.3, -0.25) is 14.9 Å². The molecule has 1 fully saturated rings. The van der Waals surface area contributed by atoms with Gasteiger partial charge in [0.15, 0.2) is 0 Å². The Morgan fingerprint density at radius 1 is 1.63 bits per heavy atom. The van der Waals surface area contributed by atoms with E-state index in [2.05, 4.69) is 10.6 Å². The van der Waals surface area contributed by atoms with Crippen LogP contribution in [0.15, 0.2) is 12.1 Å². The van der Waals surface area contributed by atoms with Crippen molar-refractivity contribution in [1.82, 2.24) is 10.6 Å². The first kappa shape index (κ1) is 14.0. The Bertz CT molecular complexity index is 469. The van der Waals surface area contributed by atoms with Gasteiger partial charge in [0.2, 0.25) is 0 Å². The molecule has 0 radical (unpaired) electrons. The maximum atomic E-state index is 12.0. The van der Waals surface area contributed by atoms with Crippen molar-refractivity contribution < 1.29 is 9.72 Å². The maximum Gasteiger partial charge on any atom is 0.324 e. The van der Waals surface area contributed by atoms with Gasteiger partial charge in [-0.2, -0.15) is 0 Å². The molecule has 2 heterocycles. The van der Waals surface area contributed by atoms with Crippen LogP contribution < -0.4 is 10.6 Å². The van der Waals surface area contributed by atoms with Crippen molar-refractivity contribution in [2.45, 2.75) is 25.8 Å². The molecule has 0 bridgehead atoms. The molecular formula is C12H17N3O3S. The molecule has 1 saturated heterocycles. The molecule has 1 aliphatic rings. The molecule has 19 heavy (non-hydrogen) atoms. The van der Waals surface area contributed by atoms with E-state index in [4.69, 9.17) is 0 Å². The van der Waals surface area contributed by atoms with E-state index in [0.717, 1.165) is 37.3 Å². The minimum Gasteiger partial charge on any atom is -0.349 e. The van der Waals surface area contributed by atoms with Crippen LogP contribution in [0.25, 0.3) is 0 Å². The van der Waals surface area contributed by atoms with Crippen molar-refractivity contribution in [2.75, 3.05) is 13.1 Å². The van der Waals surface area contributed by atoms with Gasteiger partial charge in [-0.1, -0.05) is 11.3 Å². The van der Waals surface area contributed by atoms with E-state index in [1.807, 2.05) is 6.92 Å². The Labute approximate surface area is 115 Å². The monoisotopic (exact) mass is 283 g/mol. The molecule has 1 aromatic rings. The number of carbonyl (C=O) groups excluding carboxylic acids is 1. The average molecular weight is 283 g/mol. The lowest BCUT2D eigenvalue weighted by molar-refractivity contribution is -0.380. The lowest BCUT2D eigenvalue weighted by Crippen LogP contribution is -2.44. The fourth-order valence-electron chi connectivity index (χ4n) is 2.25. The van der Waals surface area contributed by atoms with E-state index in [1.54, 1.807) is 0 Å². The number of amides is 1. The SMILES string of the molecule is CC(NC(=O)c1ccc([N+](=O)[O-])s1)C1CCCNC1. The summed E-state index contributed by atoms with van der Waals surface area (Å²) in [6, 6.07) is 2.94. The van der Waals surface area contributed by atoms with E-state index in [-0.39, 0.29) is 17.0 Å². The van der Waals surface area contributed by atoms with E-state index in [9.17, 15) is 14.9 Å². The summed E-state index contributed by atoms with van der Waals surface area (Å²) in [7, 11) is 0. The number of nitrogens with one attached hydrogen (secondary N) is 2. The number of hydrogen-bond donors (Lipinski definition) is 2. The molecule has 7 heteroatoms. The average Bonchev–Trinajstić information content (AvgIpc) is 2.89. The molecule has 6 nitrogen and oxygen atoms in total. The summed E-state index contributed by atoms with van der Waals surface area (Å²) < 4.78 is 0. The molecule has 0 spiro atoms. The van der Waals surface area contributed by atoms with Crippen LogP contribution in [0.3, 0.4) is 0 Å². The highest BCUT2D eigenvalue weighted by molar-refractivity contribution is 7.17. The predicted molar refractivity (Wildman–Crippen MR) is 73.5 cm³/mol. The standard InChI is InChI=1S/C12H17N3O3S/c1-8(9-3-2-6-13-7-9)14-12(16)10-4-5-11(19-10)15(17)18/h4-5,8-9,13H,2-3,6-7H2,1H3,(H,14,16). The molecule has 2 N–H and O–H groups in total. The lowest BCUT2D eigenvalue weighted by atomic mass is 9.93. The molecule has 0 aliphatic carbocycles. The van der Waals surface area contributed by atoms with Crippen molar-refractivity contribution in [3.8, 4) is 0 Å². The summed E-state index contributed by atoms with van der Waals surface area (Å²) in [5, 5.41) is 16.8. The van der Waals surface area contributed by atoms with Gasteiger partial charge in [0.1, 0.15) is 0 Å². The van der Waals surface area contributed by atoms with Gasteiger partial charge in [-0.15, -0.1) is 0 Å². The van der Waals surface area contributed by atoms with Crippen molar-refractivity contribution in [1.29, 1.82) is 0 Å². The van der Waals surface area contributed by atoms with Crippen LogP contribution >= 0.6 is 11.3 Å². The third-order valence-corrected chi connectivity index (χ3v) is 4.43. The van der Waals surface area contributed by atoms with Gasteiger partial charge in [-0.25, -0.2) is 0 Å². The Kier molecular flexibility index (Phi) is 4.49. The fraction of sp³-hybridized carbons (Fsp3) is 0.583. The summed E-state index contributed by atoms with van der Waals surface area (Å²) >= 11 is 0.911. The zero-order valence-corrected chi connectivity index (χ0v) is 11.5. The minimum absolute atomic E-state index is 0.00265. The normalized spacial score (nSPS) is 20.8. The van der Waals surface area contributed by atoms with E-state index < -0.39 is 4.92 Å². The highest BCUT2D eigenvalue weighted by Gasteiger charge is 2.23. The highest BCUT2D eigenvalue weighted by Crippen LogP contribution is 2.24. The van der Waals surface area contributed by atoms with Gasteiger partial charge in [0.05, 0.1) is 9.80 Å². The van der Waals surface area contributed by atoms with E-state index >= 15 is 0 Å². The Balaban J connectivity index is 1.93. The van der Waals surface area contributed by atoms with Crippen molar-refractivity contribution in [3.05, 3.63) is 27.1 Å². The van der Waals surface area contributed by atoms with Gasteiger partial charge >= 0.3 is 5.00 Å². The van der Waals surface area contributed by atoms with Crippen LogP contribution in [-0.4, -0.2) is 30.0 Å². The Morgan fingerprint density at radius 2 is 2.42 bits per heavy atom.